The van der Waals surface area contributed by atoms with Gasteiger partial charge >= 0.3 is 0 Å². The van der Waals surface area contributed by atoms with Gasteiger partial charge in [-0.05, 0) is 38.6 Å². The molecule has 0 saturated heterocycles. The van der Waals surface area contributed by atoms with Gasteiger partial charge in [-0.15, -0.1) is 0 Å². The number of hydrogen-bond donors (Lipinski definition) is 1. The van der Waals surface area contributed by atoms with E-state index in [0.29, 0.717) is 18.3 Å². The Morgan fingerprint density at radius 1 is 1.47 bits per heavy atom. The van der Waals surface area contributed by atoms with Crippen molar-refractivity contribution < 1.29 is 9.26 Å². The van der Waals surface area contributed by atoms with E-state index in [2.05, 4.69) is 22.4 Å². The van der Waals surface area contributed by atoms with Gasteiger partial charge in [-0.3, -0.25) is 0 Å². The van der Waals surface area contributed by atoms with Crippen LogP contribution in [-0.4, -0.2) is 24.3 Å². The molecule has 0 amide bonds. The number of nitrogens with one attached hydrogen (secondary N) is 1. The monoisotopic (exact) mass is 239 g/mol. The van der Waals surface area contributed by atoms with E-state index in [-0.39, 0.29) is 5.60 Å². The molecular weight excluding hydrogens is 218 g/mol. The van der Waals surface area contributed by atoms with Crippen molar-refractivity contribution in [1.29, 1.82) is 0 Å². The summed E-state index contributed by atoms with van der Waals surface area (Å²) in [4.78, 5) is 4.43. The lowest BCUT2D eigenvalue weighted by Crippen LogP contribution is -2.34. The van der Waals surface area contributed by atoms with Gasteiger partial charge < -0.3 is 14.6 Å². The summed E-state index contributed by atoms with van der Waals surface area (Å²) in [5.74, 6) is 2.09. The molecule has 17 heavy (non-hydrogen) atoms. The SMILES string of the molecule is CNCc1nc(C2(OC)CCC(C)CC2)no1. The Morgan fingerprint density at radius 3 is 2.76 bits per heavy atom. The van der Waals surface area contributed by atoms with E-state index in [1.165, 1.54) is 0 Å². The highest BCUT2D eigenvalue weighted by Crippen LogP contribution is 2.40. The fraction of sp³-hybridized carbons (Fsp3) is 0.833. The molecule has 1 fully saturated rings. The molecule has 5 nitrogen and oxygen atoms in total. The van der Waals surface area contributed by atoms with Crippen molar-refractivity contribution in [3.05, 3.63) is 11.7 Å². The van der Waals surface area contributed by atoms with Crippen molar-refractivity contribution in [3.63, 3.8) is 0 Å². The van der Waals surface area contributed by atoms with Crippen LogP contribution in [0, 0.1) is 5.92 Å². The van der Waals surface area contributed by atoms with E-state index in [0.717, 1.165) is 31.6 Å². The van der Waals surface area contributed by atoms with Gasteiger partial charge in [0.1, 0.15) is 5.60 Å². The van der Waals surface area contributed by atoms with Crippen LogP contribution in [0.1, 0.15) is 44.3 Å². The molecule has 1 aromatic rings. The van der Waals surface area contributed by atoms with Gasteiger partial charge in [-0.2, -0.15) is 4.98 Å². The topological polar surface area (TPSA) is 60.2 Å². The van der Waals surface area contributed by atoms with Gasteiger partial charge in [0.15, 0.2) is 0 Å². The van der Waals surface area contributed by atoms with E-state index < -0.39 is 0 Å². The number of methoxy groups -OCH3 is 1. The van der Waals surface area contributed by atoms with Crippen LogP contribution >= 0.6 is 0 Å². The first-order valence-corrected chi connectivity index (χ1v) is 6.23. The summed E-state index contributed by atoms with van der Waals surface area (Å²) in [7, 11) is 3.60. The van der Waals surface area contributed by atoms with Crippen molar-refractivity contribution >= 4 is 0 Å². The number of aromatic nitrogens is 2. The smallest absolute Gasteiger partial charge is 0.240 e. The number of ether oxygens (including phenoxy) is 1. The normalized spacial score (nSPS) is 29.5. The zero-order valence-corrected chi connectivity index (χ0v) is 10.8. The molecule has 0 aliphatic heterocycles. The molecule has 1 aliphatic rings. The highest BCUT2D eigenvalue weighted by atomic mass is 16.5. The summed E-state index contributed by atoms with van der Waals surface area (Å²) in [6.45, 7) is 2.88. The van der Waals surface area contributed by atoms with Crippen molar-refractivity contribution in [1.82, 2.24) is 15.5 Å². The molecule has 0 aromatic carbocycles. The number of hydrogen-bond acceptors (Lipinski definition) is 5. The van der Waals surface area contributed by atoms with Crippen molar-refractivity contribution in [2.45, 2.75) is 44.8 Å². The lowest BCUT2D eigenvalue weighted by molar-refractivity contribution is -0.0609. The fourth-order valence-electron chi connectivity index (χ4n) is 2.41. The van der Waals surface area contributed by atoms with Crippen LogP contribution < -0.4 is 5.32 Å². The van der Waals surface area contributed by atoms with E-state index in [4.69, 9.17) is 9.26 Å². The average molecular weight is 239 g/mol. The van der Waals surface area contributed by atoms with E-state index in [1.54, 1.807) is 7.11 Å². The molecule has 1 aliphatic carbocycles. The molecule has 0 atom stereocenters. The molecule has 96 valence electrons. The Hall–Kier alpha value is -0.940. The van der Waals surface area contributed by atoms with Crippen LogP contribution in [0.15, 0.2) is 4.52 Å². The second kappa shape index (κ2) is 5.14. The molecule has 0 unspecified atom stereocenters. The van der Waals surface area contributed by atoms with Crippen LogP contribution in [0.25, 0.3) is 0 Å². The summed E-state index contributed by atoms with van der Waals surface area (Å²) >= 11 is 0. The molecule has 1 heterocycles. The Bertz CT molecular complexity index is 356. The Balaban J connectivity index is 2.16. The van der Waals surface area contributed by atoms with Gasteiger partial charge in [-0.1, -0.05) is 12.1 Å². The molecule has 1 saturated carbocycles. The highest BCUT2D eigenvalue weighted by molar-refractivity contribution is 5.03. The highest BCUT2D eigenvalue weighted by Gasteiger charge is 2.40. The predicted octanol–water partition coefficient (Wildman–Crippen LogP) is 1.84. The molecule has 2 rings (SSSR count). The van der Waals surface area contributed by atoms with E-state index in [1.807, 2.05) is 7.05 Å². The van der Waals surface area contributed by atoms with Crippen molar-refractivity contribution in [2.75, 3.05) is 14.2 Å². The van der Waals surface area contributed by atoms with Crippen molar-refractivity contribution in [3.8, 4) is 0 Å². The largest absolute Gasteiger partial charge is 0.370 e. The zero-order chi connectivity index (χ0) is 12.3. The summed E-state index contributed by atoms with van der Waals surface area (Å²) < 4.78 is 10.9. The minimum absolute atomic E-state index is 0.331. The average Bonchev–Trinajstić information content (AvgIpc) is 2.80. The minimum Gasteiger partial charge on any atom is -0.370 e. The van der Waals surface area contributed by atoms with Crippen LogP contribution in [-0.2, 0) is 16.9 Å². The molecule has 0 bridgehead atoms. The third-order valence-corrected chi connectivity index (χ3v) is 3.68. The lowest BCUT2D eigenvalue weighted by Gasteiger charge is -2.35. The zero-order valence-electron chi connectivity index (χ0n) is 10.8. The van der Waals surface area contributed by atoms with Gasteiger partial charge in [0.05, 0.1) is 6.54 Å². The Kier molecular flexibility index (Phi) is 3.79. The molecule has 0 radical (unpaired) electrons. The maximum atomic E-state index is 5.70. The van der Waals surface area contributed by atoms with Gasteiger partial charge in [-0.25, -0.2) is 0 Å². The fourth-order valence-corrected chi connectivity index (χ4v) is 2.41. The first kappa shape index (κ1) is 12.5. The third-order valence-electron chi connectivity index (χ3n) is 3.68. The Labute approximate surface area is 102 Å². The van der Waals surface area contributed by atoms with Gasteiger partial charge in [0.25, 0.3) is 0 Å². The maximum Gasteiger partial charge on any atom is 0.240 e. The van der Waals surface area contributed by atoms with E-state index in [9.17, 15) is 0 Å². The first-order chi connectivity index (χ1) is 8.20. The predicted molar refractivity (Wildman–Crippen MR) is 63.4 cm³/mol. The molecule has 5 heteroatoms. The van der Waals surface area contributed by atoms with Gasteiger partial charge in [0, 0.05) is 7.11 Å². The number of nitrogens with zero attached hydrogens (tertiary/aromatic N) is 2. The maximum absolute atomic E-state index is 5.70. The summed E-state index contributed by atoms with van der Waals surface area (Å²) in [5.41, 5.74) is -0.331. The quantitative estimate of drug-likeness (QED) is 0.868. The third kappa shape index (κ3) is 2.50. The molecule has 1 aromatic heterocycles. The van der Waals surface area contributed by atoms with Crippen LogP contribution in [0.3, 0.4) is 0 Å². The standard InChI is InChI=1S/C12H21N3O2/c1-9-4-6-12(16-3,7-5-9)11-14-10(8-13-2)17-15-11/h9,13H,4-8H2,1-3H3. The van der Waals surface area contributed by atoms with Crippen LogP contribution in [0.2, 0.25) is 0 Å². The second-order valence-electron chi connectivity index (χ2n) is 4.92. The lowest BCUT2D eigenvalue weighted by atomic mass is 9.79. The summed E-state index contributed by atoms with van der Waals surface area (Å²) in [6.07, 6.45) is 4.26. The van der Waals surface area contributed by atoms with Crippen molar-refractivity contribution in [2.24, 2.45) is 5.92 Å². The summed E-state index contributed by atoms with van der Waals surface area (Å²) in [5, 5.41) is 7.08. The molecule has 0 spiro atoms. The minimum atomic E-state index is -0.331. The second-order valence-corrected chi connectivity index (χ2v) is 4.92. The first-order valence-electron chi connectivity index (χ1n) is 6.23. The molecular formula is C12H21N3O2. The Morgan fingerprint density at radius 2 is 2.18 bits per heavy atom. The van der Waals surface area contributed by atoms with Crippen LogP contribution in [0.4, 0.5) is 0 Å². The number of rotatable bonds is 4. The molecule has 1 N–H and O–H groups in total. The van der Waals surface area contributed by atoms with Gasteiger partial charge in [0.2, 0.25) is 11.7 Å². The van der Waals surface area contributed by atoms with Crippen LogP contribution in [0.5, 0.6) is 0 Å². The summed E-state index contributed by atoms with van der Waals surface area (Å²) in [6, 6.07) is 0. The van der Waals surface area contributed by atoms with E-state index >= 15 is 0 Å².